The zero-order chi connectivity index (χ0) is 16.1. The Morgan fingerprint density at radius 1 is 1.26 bits per heavy atom. The summed E-state index contributed by atoms with van der Waals surface area (Å²) in [7, 11) is 0. The van der Waals surface area contributed by atoms with E-state index in [1.165, 1.54) is 19.2 Å². The molecule has 1 N–H and O–H groups in total. The van der Waals surface area contributed by atoms with E-state index in [0.29, 0.717) is 6.42 Å². The molecule has 6 nitrogen and oxygen atoms in total. The molecule has 1 unspecified atom stereocenters. The summed E-state index contributed by atoms with van der Waals surface area (Å²) in [6.45, 7) is 2.28. The highest BCUT2D eigenvalue weighted by molar-refractivity contribution is 5.80. The summed E-state index contributed by atoms with van der Waals surface area (Å²) in [5.74, 6) is 0.767. The molecule has 0 aliphatic heterocycles. The van der Waals surface area contributed by atoms with Gasteiger partial charge in [0.05, 0.1) is 0 Å². The minimum absolute atomic E-state index is 0.000654. The van der Waals surface area contributed by atoms with Gasteiger partial charge in [-0.05, 0) is 47.6 Å². The van der Waals surface area contributed by atoms with Crippen molar-refractivity contribution in [1.82, 2.24) is 25.5 Å². The summed E-state index contributed by atoms with van der Waals surface area (Å²) in [6.07, 6.45) is 6.57. The molecular weight excluding hydrogens is 290 g/mol. The van der Waals surface area contributed by atoms with Gasteiger partial charge in [0.2, 0.25) is 5.91 Å². The molecule has 1 aliphatic rings. The number of benzene rings is 1. The van der Waals surface area contributed by atoms with Gasteiger partial charge in [-0.25, -0.2) is 4.68 Å². The van der Waals surface area contributed by atoms with Crippen molar-refractivity contribution < 1.29 is 4.79 Å². The van der Waals surface area contributed by atoms with E-state index < -0.39 is 6.04 Å². The SMILES string of the molecule is CC1CCC(NC(=O)C(Cc2ccccc2)n2cnnn2)CC1. The lowest BCUT2D eigenvalue weighted by Gasteiger charge is -2.28. The molecule has 6 heteroatoms. The fourth-order valence-corrected chi connectivity index (χ4v) is 3.16. The molecule has 1 amide bonds. The van der Waals surface area contributed by atoms with Crippen LogP contribution in [0.25, 0.3) is 0 Å². The molecule has 0 radical (unpaired) electrons. The molecule has 1 saturated carbocycles. The van der Waals surface area contributed by atoms with E-state index in [1.807, 2.05) is 30.3 Å². The van der Waals surface area contributed by atoms with Crippen LogP contribution in [0.3, 0.4) is 0 Å². The molecule has 23 heavy (non-hydrogen) atoms. The summed E-state index contributed by atoms with van der Waals surface area (Å²) in [4.78, 5) is 12.8. The Morgan fingerprint density at radius 2 is 2.00 bits per heavy atom. The van der Waals surface area contributed by atoms with E-state index in [2.05, 4.69) is 27.8 Å². The average molecular weight is 313 g/mol. The first-order valence-electron chi connectivity index (χ1n) is 8.29. The molecule has 2 aromatic rings. The zero-order valence-electron chi connectivity index (χ0n) is 13.4. The molecule has 1 aromatic carbocycles. The van der Waals surface area contributed by atoms with Gasteiger partial charge in [-0.1, -0.05) is 37.3 Å². The minimum Gasteiger partial charge on any atom is -0.352 e. The van der Waals surface area contributed by atoms with Gasteiger partial charge in [-0.15, -0.1) is 5.10 Å². The van der Waals surface area contributed by atoms with Crippen molar-refractivity contribution in [3.63, 3.8) is 0 Å². The van der Waals surface area contributed by atoms with Crippen LogP contribution in [0.5, 0.6) is 0 Å². The molecule has 1 heterocycles. The third-order valence-electron chi connectivity index (χ3n) is 4.62. The van der Waals surface area contributed by atoms with Crippen molar-refractivity contribution in [2.24, 2.45) is 5.92 Å². The number of carbonyl (C=O) groups excluding carboxylic acids is 1. The van der Waals surface area contributed by atoms with E-state index in [-0.39, 0.29) is 11.9 Å². The van der Waals surface area contributed by atoms with Gasteiger partial charge in [-0.3, -0.25) is 4.79 Å². The molecule has 1 atom stereocenters. The summed E-state index contributed by atoms with van der Waals surface area (Å²) < 4.78 is 1.55. The summed E-state index contributed by atoms with van der Waals surface area (Å²) >= 11 is 0. The normalized spacial score (nSPS) is 22.5. The predicted molar refractivity (Wildman–Crippen MR) is 86.6 cm³/mol. The lowest BCUT2D eigenvalue weighted by atomic mass is 9.87. The van der Waals surface area contributed by atoms with Gasteiger partial charge in [0, 0.05) is 12.5 Å². The number of amides is 1. The standard InChI is InChI=1S/C17H23N5O/c1-13-7-9-15(10-8-13)19-17(23)16(22-12-18-20-21-22)11-14-5-3-2-4-6-14/h2-6,12-13,15-16H,7-11H2,1H3,(H,19,23). The van der Waals surface area contributed by atoms with Crippen LogP contribution >= 0.6 is 0 Å². The van der Waals surface area contributed by atoms with Gasteiger partial charge in [0.25, 0.3) is 0 Å². The lowest BCUT2D eigenvalue weighted by molar-refractivity contribution is -0.125. The summed E-state index contributed by atoms with van der Waals surface area (Å²) in [5.41, 5.74) is 1.10. The van der Waals surface area contributed by atoms with Crippen LogP contribution in [0, 0.1) is 5.92 Å². The van der Waals surface area contributed by atoms with E-state index in [1.54, 1.807) is 4.68 Å². The molecule has 1 aliphatic carbocycles. The second kappa shape index (κ2) is 7.35. The number of aromatic nitrogens is 4. The molecule has 122 valence electrons. The fraction of sp³-hybridized carbons (Fsp3) is 0.529. The number of tetrazole rings is 1. The van der Waals surface area contributed by atoms with Crippen molar-refractivity contribution in [3.8, 4) is 0 Å². The Kier molecular flexibility index (Phi) is 5.00. The van der Waals surface area contributed by atoms with Gasteiger partial charge >= 0.3 is 0 Å². The Morgan fingerprint density at radius 3 is 2.65 bits per heavy atom. The monoisotopic (exact) mass is 313 g/mol. The Bertz CT molecular complexity index is 605. The lowest BCUT2D eigenvalue weighted by Crippen LogP contribution is -2.42. The first-order valence-corrected chi connectivity index (χ1v) is 8.29. The maximum atomic E-state index is 12.8. The van der Waals surface area contributed by atoms with Crippen molar-refractivity contribution in [2.75, 3.05) is 0 Å². The van der Waals surface area contributed by atoms with Gasteiger partial charge in [0.1, 0.15) is 12.4 Å². The number of carbonyl (C=O) groups is 1. The maximum Gasteiger partial charge on any atom is 0.245 e. The van der Waals surface area contributed by atoms with Crippen LogP contribution in [0.2, 0.25) is 0 Å². The third-order valence-corrected chi connectivity index (χ3v) is 4.62. The van der Waals surface area contributed by atoms with Crippen LogP contribution in [-0.2, 0) is 11.2 Å². The molecule has 1 aromatic heterocycles. The fourth-order valence-electron chi connectivity index (χ4n) is 3.16. The average Bonchev–Trinajstić information content (AvgIpc) is 3.10. The van der Waals surface area contributed by atoms with Gasteiger partial charge in [0.15, 0.2) is 0 Å². The summed E-state index contributed by atoms with van der Waals surface area (Å²) in [5, 5.41) is 14.5. The molecule has 0 spiro atoms. The van der Waals surface area contributed by atoms with Crippen LogP contribution in [0.1, 0.15) is 44.2 Å². The highest BCUT2D eigenvalue weighted by atomic mass is 16.2. The van der Waals surface area contributed by atoms with E-state index in [0.717, 1.165) is 24.3 Å². The molecule has 1 fully saturated rings. The third kappa shape index (κ3) is 4.15. The van der Waals surface area contributed by atoms with Crippen molar-refractivity contribution in [3.05, 3.63) is 42.2 Å². The van der Waals surface area contributed by atoms with Crippen LogP contribution in [0.15, 0.2) is 36.7 Å². The number of hydrogen-bond acceptors (Lipinski definition) is 4. The van der Waals surface area contributed by atoms with Crippen LogP contribution in [-0.4, -0.2) is 32.2 Å². The molecule has 3 rings (SSSR count). The Balaban J connectivity index is 1.69. The van der Waals surface area contributed by atoms with E-state index in [4.69, 9.17) is 0 Å². The van der Waals surface area contributed by atoms with Gasteiger partial charge in [-0.2, -0.15) is 0 Å². The Labute approximate surface area is 136 Å². The Hall–Kier alpha value is -2.24. The van der Waals surface area contributed by atoms with Crippen LogP contribution < -0.4 is 5.32 Å². The molecule has 0 bridgehead atoms. The molecular formula is C17H23N5O. The number of rotatable bonds is 5. The van der Waals surface area contributed by atoms with Crippen molar-refractivity contribution in [2.45, 2.75) is 51.1 Å². The topological polar surface area (TPSA) is 72.7 Å². The highest BCUT2D eigenvalue weighted by Crippen LogP contribution is 2.24. The zero-order valence-corrected chi connectivity index (χ0v) is 13.4. The number of hydrogen-bond donors (Lipinski definition) is 1. The maximum absolute atomic E-state index is 12.8. The summed E-state index contributed by atoms with van der Waals surface area (Å²) in [6, 6.07) is 9.83. The second-order valence-corrected chi connectivity index (χ2v) is 6.46. The van der Waals surface area contributed by atoms with Gasteiger partial charge < -0.3 is 5.32 Å². The van der Waals surface area contributed by atoms with Crippen LogP contribution in [0.4, 0.5) is 0 Å². The first-order chi connectivity index (χ1) is 11.2. The quantitative estimate of drug-likeness (QED) is 0.918. The molecule has 0 saturated heterocycles. The highest BCUT2D eigenvalue weighted by Gasteiger charge is 2.26. The first kappa shape index (κ1) is 15.6. The predicted octanol–water partition coefficient (Wildman–Crippen LogP) is 2.15. The van der Waals surface area contributed by atoms with Crippen molar-refractivity contribution >= 4 is 5.91 Å². The van der Waals surface area contributed by atoms with E-state index in [9.17, 15) is 4.79 Å². The number of nitrogens with one attached hydrogen (secondary N) is 1. The van der Waals surface area contributed by atoms with Crippen molar-refractivity contribution in [1.29, 1.82) is 0 Å². The largest absolute Gasteiger partial charge is 0.352 e. The second-order valence-electron chi connectivity index (χ2n) is 6.46. The number of nitrogens with zero attached hydrogens (tertiary/aromatic N) is 4. The van der Waals surface area contributed by atoms with E-state index >= 15 is 0 Å². The minimum atomic E-state index is -0.410. The smallest absolute Gasteiger partial charge is 0.245 e.